The Morgan fingerprint density at radius 2 is 1.80 bits per heavy atom. The van der Waals surface area contributed by atoms with Crippen molar-refractivity contribution in [1.29, 1.82) is 0 Å². The molecule has 0 fully saturated rings. The summed E-state index contributed by atoms with van der Waals surface area (Å²) in [5.41, 5.74) is 2.58. The Kier molecular flexibility index (Phi) is 4.88. The molecule has 2 heteroatoms. The summed E-state index contributed by atoms with van der Waals surface area (Å²) in [7, 11) is 0. The van der Waals surface area contributed by atoms with Crippen LogP contribution in [-0.4, -0.2) is 13.1 Å². The highest BCUT2D eigenvalue weighted by Gasteiger charge is 1.98. The molecule has 0 saturated heterocycles. The van der Waals surface area contributed by atoms with Gasteiger partial charge >= 0.3 is 0 Å². The predicted octanol–water partition coefficient (Wildman–Crippen LogP) is 2.60. The molecule has 2 nitrogen and oxygen atoms in total. The quantitative estimate of drug-likeness (QED) is 0.528. The molecule has 0 atom stereocenters. The summed E-state index contributed by atoms with van der Waals surface area (Å²) in [4.78, 5) is 9.95. The summed E-state index contributed by atoms with van der Waals surface area (Å²) in [6, 6.07) is 8.50. The molecule has 82 valence electrons. The lowest BCUT2D eigenvalue weighted by molar-refractivity contribution is -0.128. The van der Waals surface area contributed by atoms with Gasteiger partial charge in [0.2, 0.25) is 0 Å². The van der Waals surface area contributed by atoms with Gasteiger partial charge in [0.25, 0.3) is 6.47 Å². The average molecular weight is 206 g/mol. The van der Waals surface area contributed by atoms with Crippen LogP contribution in [-0.2, 0) is 22.4 Å². The molecular weight excluding hydrogens is 188 g/mol. The largest absolute Gasteiger partial charge is 0.468 e. The van der Waals surface area contributed by atoms with Gasteiger partial charge in [0, 0.05) is 6.42 Å². The molecule has 0 spiro atoms. The first kappa shape index (κ1) is 11.8. The number of hydrogen-bond acceptors (Lipinski definition) is 2. The maximum atomic E-state index is 9.95. The van der Waals surface area contributed by atoms with E-state index in [1.54, 1.807) is 0 Å². The summed E-state index contributed by atoms with van der Waals surface area (Å²) in [5, 5.41) is 0. The molecule has 0 bridgehead atoms. The highest BCUT2D eigenvalue weighted by atomic mass is 16.5. The van der Waals surface area contributed by atoms with Crippen molar-refractivity contribution in [2.24, 2.45) is 5.92 Å². The molecule has 0 unspecified atom stereocenters. The molecule has 0 radical (unpaired) electrons. The van der Waals surface area contributed by atoms with Crippen molar-refractivity contribution in [2.75, 3.05) is 6.61 Å². The van der Waals surface area contributed by atoms with Crippen LogP contribution in [0.2, 0.25) is 0 Å². The second kappa shape index (κ2) is 6.23. The molecule has 15 heavy (non-hydrogen) atoms. The van der Waals surface area contributed by atoms with Gasteiger partial charge in [-0.25, -0.2) is 0 Å². The van der Waals surface area contributed by atoms with Gasteiger partial charge in [-0.2, -0.15) is 0 Å². The minimum absolute atomic E-state index is 0.465. The molecule has 0 aliphatic carbocycles. The molecule has 0 saturated carbocycles. The van der Waals surface area contributed by atoms with Gasteiger partial charge in [0.15, 0.2) is 0 Å². The van der Waals surface area contributed by atoms with E-state index in [2.05, 4.69) is 42.8 Å². The van der Waals surface area contributed by atoms with Crippen molar-refractivity contribution in [2.45, 2.75) is 26.7 Å². The van der Waals surface area contributed by atoms with E-state index in [9.17, 15) is 4.79 Å². The fourth-order valence-electron chi connectivity index (χ4n) is 1.54. The maximum absolute atomic E-state index is 9.95. The fourth-order valence-corrected chi connectivity index (χ4v) is 1.54. The molecular formula is C13H18O2. The average Bonchev–Trinajstić information content (AvgIpc) is 2.20. The lowest BCUT2D eigenvalue weighted by atomic mass is 10.0. The van der Waals surface area contributed by atoms with Gasteiger partial charge in [0.05, 0.1) is 6.61 Å². The normalized spacial score (nSPS) is 10.3. The van der Waals surface area contributed by atoms with Gasteiger partial charge in [-0.15, -0.1) is 0 Å². The summed E-state index contributed by atoms with van der Waals surface area (Å²) < 4.78 is 4.65. The van der Waals surface area contributed by atoms with E-state index in [1.807, 2.05) is 0 Å². The molecule has 0 aliphatic heterocycles. The van der Waals surface area contributed by atoms with Crippen molar-refractivity contribution >= 4 is 6.47 Å². The standard InChI is InChI=1S/C13H18O2/c1-11(2)9-13-5-3-12(4-6-13)7-8-15-10-14/h3-6,10-11H,7-9H2,1-2H3. The molecule has 0 aromatic heterocycles. The van der Waals surface area contributed by atoms with Crippen LogP contribution in [0, 0.1) is 5.92 Å². The van der Waals surface area contributed by atoms with Crippen LogP contribution in [0.4, 0.5) is 0 Å². The summed E-state index contributed by atoms with van der Waals surface area (Å²) >= 11 is 0. The van der Waals surface area contributed by atoms with E-state index in [-0.39, 0.29) is 0 Å². The minimum Gasteiger partial charge on any atom is -0.468 e. The van der Waals surface area contributed by atoms with Crippen molar-refractivity contribution in [1.82, 2.24) is 0 Å². The number of rotatable bonds is 6. The van der Waals surface area contributed by atoms with Crippen molar-refractivity contribution < 1.29 is 9.53 Å². The second-order valence-corrected chi connectivity index (χ2v) is 4.13. The Labute approximate surface area is 91.3 Å². The third kappa shape index (κ3) is 4.63. The Bertz CT molecular complexity index is 288. The fraction of sp³-hybridized carbons (Fsp3) is 0.462. The Morgan fingerprint density at radius 3 is 2.33 bits per heavy atom. The highest BCUT2D eigenvalue weighted by Crippen LogP contribution is 2.10. The van der Waals surface area contributed by atoms with Crippen LogP contribution < -0.4 is 0 Å². The number of hydrogen-bond donors (Lipinski definition) is 0. The molecule has 0 N–H and O–H groups in total. The lowest BCUT2D eigenvalue weighted by Crippen LogP contribution is -1.98. The van der Waals surface area contributed by atoms with Crippen LogP contribution in [0.15, 0.2) is 24.3 Å². The molecule has 1 aromatic rings. The highest BCUT2D eigenvalue weighted by molar-refractivity contribution is 5.37. The smallest absolute Gasteiger partial charge is 0.293 e. The first-order valence-electron chi connectivity index (χ1n) is 5.35. The van der Waals surface area contributed by atoms with E-state index in [0.29, 0.717) is 19.0 Å². The minimum atomic E-state index is 0.465. The van der Waals surface area contributed by atoms with E-state index in [4.69, 9.17) is 0 Å². The third-order valence-electron chi connectivity index (χ3n) is 2.24. The molecule has 0 amide bonds. The van der Waals surface area contributed by atoms with Crippen LogP contribution in [0.3, 0.4) is 0 Å². The molecule has 1 aromatic carbocycles. The van der Waals surface area contributed by atoms with Crippen LogP contribution >= 0.6 is 0 Å². The summed E-state index contributed by atoms with van der Waals surface area (Å²) in [6.07, 6.45) is 1.91. The number of ether oxygens (including phenoxy) is 1. The first-order valence-corrected chi connectivity index (χ1v) is 5.35. The van der Waals surface area contributed by atoms with Crippen LogP contribution in [0.5, 0.6) is 0 Å². The third-order valence-corrected chi connectivity index (χ3v) is 2.24. The van der Waals surface area contributed by atoms with E-state index in [0.717, 1.165) is 12.8 Å². The first-order chi connectivity index (χ1) is 7.22. The number of benzene rings is 1. The Balaban J connectivity index is 2.45. The molecule has 0 aliphatic rings. The number of carbonyl (C=O) groups is 1. The van der Waals surface area contributed by atoms with Gasteiger partial charge in [-0.1, -0.05) is 38.1 Å². The zero-order valence-electron chi connectivity index (χ0n) is 9.40. The lowest BCUT2D eigenvalue weighted by Gasteiger charge is -2.06. The van der Waals surface area contributed by atoms with Gasteiger partial charge in [-0.05, 0) is 23.5 Å². The zero-order valence-corrected chi connectivity index (χ0v) is 9.40. The van der Waals surface area contributed by atoms with Crippen LogP contribution in [0.1, 0.15) is 25.0 Å². The summed E-state index contributed by atoms with van der Waals surface area (Å²) in [6.45, 7) is 5.39. The van der Waals surface area contributed by atoms with E-state index < -0.39 is 0 Å². The van der Waals surface area contributed by atoms with Crippen molar-refractivity contribution in [3.8, 4) is 0 Å². The van der Waals surface area contributed by atoms with Crippen molar-refractivity contribution in [3.63, 3.8) is 0 Å². The van der Waals surface area contributed by atoms with Crippen molar-refractivity contribution in [3.05, 3.63) is 35.4 Å². The number of carbonyl (C=O) groups excluding carboxylic acids is 1. The molecule has 1 rings (SSSR count). The Morgan fingerprint density at radius 1 is 1.20 bits per heavy atom. The maximum Gasteiger partial charge on any atom is 0.293 e. The van der Waals surface area contributed by atoms with Gasteiger partial charge in [0.1, 0.15) is 0 Å². The zero-order chi connectivity index (χ0) is 11.1. The Hall–Kier alpha value is -1.31. The summed E-state index contributed by atoms with van der Waals surface area (Å²) in [5.74, 6) is 0.689. The van der Waals surface area contributed by atoms with E-state index in [1.165, 1.54) is 11.1 Å². The second-order valence-electron chi connectivity index (χ2n) is 4.13. The molecule has 0 heterocycles. The van der Waals surface area contributed by atoms with Gasteiger partial charge in [-0.3, -0.25) is 4.79 Å². The van der Waals surface area contributed by atoms with E-state index >= 15 is 0 Å². The topological polar surface area (TPSA) is 26.3 Å². The van der Waals surface area contributed by atoms with Crippen LogP contribution in [0.25, 0.3) is 0 Å². The SMILES string of the molecule is CC(C)Cc1ccc(CCOC=O)cc1. The predicted molar refractivity (Wildman–Crippen MR) is 60.7 cm³/mol. The monoisotopic (exact) mass is 206 g/mol. The van der Waals surface area contributed by atoms with Gasteiger partial charge < -0.3 is 4.74 Å².